The first-order chi connectivity index (χ1) is 12.8. The van der Waals surface area contributed by atoms with Crippen LogP contribution in [0.5, 0.6) is 0 Å². The molecule has 0 saturated carbocycles. The molecule has 2 fully saturated rings. The number of carboxylic acid groups (broad SMARTS) is 1. The summed E-state index contributed by atoms with van der Waals surface area (Å²) in [4.78, 5) is 45.7. The first-order valence-electron chi connectivity index (χ1n) is 9.26. The van der Waals surface area contributed by atoms with Crippen LogP contribution in [0.1, 0.15) is 36.5 Å². The minimum Gasteiger partial charge on any atom is -0.481 e. The highest BCUT2D eigenvalue weighted by Gasteiger charge is 2.55. The van der Waals surface area contributed by atoms with Gasteiger partial charge in [-0.05, 0) is 31.9 Å². The number of anilines is 1. The lowest BCUT2D eigenvalue weighted by Crippen LogP contribution is -2.56. The summed E-state index contributed by atoms with van der Waals surface area (Å²) in [7, 11) is 3.46. The zero-order chi connectivity index (χ0) is 19.8. The van der Waals surface area contributed by atoms with E-state index in [0.717, 1.165) is 5.82 Å². The van der Waals surface area contributed by atoms with Crippen LogP contribution in [0.2, 0.25) is 0 Å². The third-order valence-electron chi connectivity index (χ3n) is 6.14. The molecule has 0 radical (unpaired) electrons. The summed E-state index contributed by atoms with van der Waals surface area (Å²) in [6.07, 6.45) is 2.84. The van der Waals surface area contributed by atoms with E-state index >= 15 is 0 Å². The third-order valence-corrected chi connectivity index (χ3v) is 6.14. The average molecular weight is 374 g/mol. The van der Waals surface area contributed by atoms with Gasteiger partial charge in [-0.25, -0.2) is 4.98 Å². The molecule has 2 amide bonds. The minimum atomic E-state index is -0.901. The van der Waals surface area contributed by atoms with Crippen LogP contribution >= 0.6 is 0 Å². The number of amides is 2. The number of hydrogen-bond acceptors (Lipinski definition) is 5. The van der Waals surface area contributed by atoms with Crippen LogP contribution in [0, 0.1) is 5.92 Å². The van der Waals surface area contributed by atoms with Crippen LogP contribution in [-0.4, -0.2) is 76.9 Å². The van der Waals surface area contributed by atoms with E-state index in [2.05, 4.69) is 9.88 Å². The fourth-order valence-corrected chi connectivity index (χ4v) is 4.17. The second-order valence-corrected chi connectivity index (χ2v) is 7.36. The van der Waals surface area contributed by atoms with Crippen molar-refractivity contribution >= 4 is 23.6 Å². The molecule has 0 bridgehead atoms. The number of piperidine rings is 1. The zero-order valence-electron chi connectivity index (χ0n) is 16.0. The number of carboxylic acids is 1. The van der Waals surface area contributed by atoms with Crippen molar-refractivity contribution in [3.8, 4) is 0 Å². The predicted octanol–water partition coefficient (Wildman–Crippen LogP) is 1.08. The Morgan fingerprint density at radius 3 is 2.52 bits per heavy atom. The number of nitrogens with zero attached hydrogens (tertiary/aromatic N) is 4. The van der Waals surface area contributed by atoms with Crippen molar-refractivity contribution in [2.24, 2.45) is 5.92 Å². The fourth-order valence-electron chi connectivity index (χ4n) is 4.17. The molecule has 1 aromatic heterocycles. The van der Waals surface area contributed by atoms with Gasteiger partial charge < -0.3 is 19.8 Å². The first kappa shape index (κ1) is 19.1. The van der Waals surface area contributed by atoms with Crippen molar-refractivity contribution in [1.29, 1.82) is 0 Å². The Morgan fingerprint density at radius 1 is 1.33 bits per heavy atom. The normalized spacial score (nSPS) is 21.6. The van der Waals surface area contributed by atoms with E-state index in [1.54, 1.807) is 36.2 Å². The fraction of sp³-hybridized carbons (Fsp3) is 0.579. The maximum atomic E-state index is 12.2. The van der Waals surface area contributed by atoms with E-state index in [1.807, 2.05) is 13.0 Å². The van der Waals surface area contributed by atoms with Gasteiger partial charge in [0.2, 0.25) is 5.91 Å². The summed E-state index contributed by atoms with van der Waals surface area (Å²) < 4.78 is 0. The number of aliphatic carboxylic acids is 1. The molecule has 2 saturated heterocycles. The maximum Gasteiger partial charge on any atom is 0.309 e. The Balaban J connectivity index is 1.71. The zero-order valence-corrected chi connectivity index (χ0v) is 16.0. The largest absolute Gasteiger partial charge is 0.481 e. The van der Waals surface area contributed by atoms with E-state index in [4.69, 9.17) is 0 Å². The molecule has 0 aliphatic carbocycles. The van der Waals surface area contributed by atoms with Crippen molar-refractivity contribution in [2.45, 2.75) is 31.7 Å². The molecule has 0 aromatic carbocycles. The van der Waals surface area contributed by atoms with Crippen LogP contribution in [-0.2, 0) is 9.59 Å². The Kier molecular flexibility index (Phi) is 5.08. The van der Waals surface area contributed by atoms with Gasteiger partial charge in [-0.15, -0.1) is 0 Å². The molecule has 2 aliphatic rings. The average Bonchev–Trinajstić information content (AvgIpc) is 2.93. The van der Waals surface area contributed by atoms with Crippen molar-refractivity contribution in [2.75, 3.05) is 38.6 Å². The quantitative estimate of drug-likeness (QED) is 0.847. The van der Waals surface area contributed by atoms with Crippen molar-refractivity contribution in [3.63, 3.8) is 0 Å². The molecule has 8 nitrogen and oxygen atoms in total. The molecule has 3 rings (SSSR count). The standard InChI is InChI=1S/C19H26N4O4/c1-4-21(2)17(25)13-5-6-15(20-12-13)23-9-7-19(8-10-23)14(18(26)27)11-16(24)22(19)3/h5-6,12,14H,4,7-11H2,1-3H3,(H,26,27)/t14-/m0/s1. The lowest BCUT2D eigenvalue weighted by Gasteiger charge is -2.45. The molecular formula is C19H26N4O4. The summed E-state index contributed by atoms with van der Waals surface area (Å²) in [5, 5.41) is 9.56. The van der Waals surface area contributed by atoms with Crippen molar-refractivity contribution < 1.29 is 19.5 Å². The van der Waals surface area contributed by atoms with Crippen LogP contribution in [0.3, 0.4) is 0 Å². The van der Waals surface area contributed by atoms with Gasteiger partial charge in [-0.1, -0.05) is 0 Å². The highest BCUT2D eigenvalue weighted by molar-refractivity contribution is 5.94. The van der Waals surface area contributed by atoms with Crippen LogP contribution in [0.4, 0.5) is 5.82 Å². The number of aromatic nitrogens is 1. The molecular weight excluding hydrogens is 348 g/mol. The predicted molar refractivity (Wildman–Crippen MR) is 99.6 cm³/mol. The van der Waals surface area contributed by atoms with E-state index in [1.165, 1.54) is 0 Å². The molecule has 1 N–H and O–H groups in total. The lowest BCUT2D eigenvalue weighted by atomic mass is 9.77. The van der Waals surface area contributed by atoms with Gasteiger partial charge in [0, 0.05) is 46.3 Å². The number of likely N-dealkylation sites (tertiary alicyclic amines) is 1. The Hall–Kier alpha value is -2.64. The lowest BCUT2D eigenvalue weighted by molar-refractivity contribution is -0.145. The Bertz CT molecular complexity index is 741. The second-order valence-electron chi connectivity index (χ2n) is 7.36. The van der Waals surface area contributed by atoms with E-state index < -0.39 is 17.4 Å². The number of rotatable bonds is 4. The molecule has 1 spiro atoms. The van der Waals surface area contributed by atoms with Gasteiger partial charge in [-0.2, -0.15) is 0 Å². The molecule has 2 aliphatic heterocycles. The Morgan fingerprint density at radius 2 is 2.00 bits per heavy atom. The molecule has 0 unspecified atom stereocenters. The molecule has 27 heavy (non-hydrogen) atoms. The Labute approximate surface area is 158 Å². The number of carbonyl (C=O) groups excluding carboxylic acids is 2. The van der Waals surface area contributed by atoms with Crippen LogP contribution in [0.15, 0.2) is 18.3 Å². The second kappa shape index (κ2) is 7.17. The van der Waals surface area contributed by atoms with Crippen molar-refractivity contribution in [1.82, 2.24) is 14.8 Å². The first-order valence-corrected chi connectivity index (χ1v) is 9.26. The summed E-state index contributed by atoms with van der Waals surface area (Å²) in [5.41, 5.74) is -0.0669. The van der Waals surface area contributed by atoms with Gasteiger partial charge >= 0.3 is 5.97 Å². The molecule has 1 aromatic rings. The number of carbonyl (C=O) groups is 3. The summed E-state index contributed by atoms with van der Waals surface area (Å²) in [6, 6.07) is 3.60. The summed E-state index contributed by atoms with van der Waals surface area (Å²) in [6.45, 7) is 3.79. The third kappa shape index (κ3) is 3.24. The number of hydrogen-bond donors (Lipinski definition) is 1. The van der Waals surface area contributed by atoms with E-state index in [0.29, 0.717) is 38.0 Å². The molecule has 8 heteroatoms. The highest BCUT2D eigenvalue weighted by Crippen LogP contribution is 2.43. The van der Waals surface area contributed by atoms with Crippen LogP contribution in [0.25, 0.3) is 0 Å². The highest BCUT2D eigenvalue weighted by atomic mass is 16.4. The minimum absolute atomic E-state index is 0.0652. The van der Waals surface area contributed by atoms with Gasteiger partial charge in [0.15, 0.2) is 0 Å². The molecule has 146 valence electrons. The monoisotopic (exact) mass is 374 g/mol. The maximum absolute atomic E-state index is 12.2. The topological polar surface area (TPSA) is 94.1 Å². The van der Waals surface area contributed by atoms with Gasteiger partial charge in [0.1, 0.15) is 5.82 Å². The SMILES string of the molecule is CCN(C)C(=O)c1ccc(N2CCC3(CC2)[C@H](C(=O)O)CC(=O)N3C)nc1. The summed E-state index contributed by atoms with van der Waals surface area (Å²) in [5.74, 6) is -0.960. The smallest absolute Gasteiger partial charge is 0.309 e. The van der Waals surface area contributed by atoms with E-state index in [9.17, 15) is 19.5 Å². The van der Waals surface area contributed by atoms with Gasteiger partial charge in [-0.3, -0.25) is 14.4 Å². The van der Waals surface area contributed by atoms with E-state index in [-0.39, 0.29) is 18.2 Å². The van der Waals surface area contributed by atoms with Gasteiger partial charge in [0.05, 0.1) is 17.0 Å². The summed E-state index contributed by atoms with van der Waals surface area (Å²) >= 11 is 0. The van der Waals surface area contributed by atoms with Gasteiger partial charge in [0.25, 0.3) is 5.91 Å². The molecule has 3 heterocycles. The molecule has 1 atom stereocenters. The number of pyridine rings is 1. The van der Waals surface area contributed by atoms with Crippen molar-refractivity contribution in [3.05, 3.63) is 23.9 Å². The van der Waals surface area contributed by atoms with Crippen LogP contribution < -0.4 is 4.90 Å².